The van der Waals surface area contributed by atoms with Gasteiger partial charge in [0.25, 0.3) is 0 Å². The zero-order chi connectivity index (χ0) is 15.6. The summed E-state index contributed by atoms with van der Waals surface area (Å²) in [5, 5.41) is 18.7. The van der Waals surface area contributed by atoms with Gasteiger partial charge in [-0.2, -0.15) is 0 Å². The van der Waals surface area contributed by atoms with Gasteiger partial charge in [0.1, 0.15) is 11.6 Å². The lowest BCUT2D eigenvalue weighted by Crippen LogP contribution is -2.13. The number of hydrogen-bond donors (Lipinski definition) is 2. The predicted molar refractivity (Wildman–Crippen MR) is 80.1 cm³/mol. The molecule has 0 bridgehead atoms. The van der Waals surface area contributed by atoms with Gasteiger partial charge < -0.3 is 10.5 Å². The summed E-state index contributed by atoms with van der Waals surface area (Å²) in [5.74, 6) is 0.381. The van der Waals surface area contributed by atoms with Crippen LogP contribution in [0.3, 0.4) is 0 Å². The van der Waals surface area contributed by atoms with Gasteiger partial charge in [0.05, 0.1) is 10.5 Å². The topological polar surface area (TPSA) is 102 Å². The van der Waals surface area contributed by atoms with E-state index in [1.807, 2.05) is 0 Å². The van der Waals surface area contributed by atoms with Crippen LogP contribution in [-0.4, -0.2) is 10.8 Å². The molecule has 0 spiro atoms. The summed E-state index contributed by atoms with van der Waals surface area (Å²) in [4.78, 5) is 10.6. The quantitative estimate of drug-likeness (QED) is 0.389. The number of rotatable bonds is 4. The molecule has 2 rings (SSSR count). The van der Waals surface area contributed by atoms with E-state index >= 15 is 0 Å². The van der Waals surface area contributed by atoms with Crippen molar-refractivity contribution in [1.82, 2.24) is 0 Å². The average Bonchev–Trinajstić information content (AvgIpc) is 2.42. The summed E-state index contributed by atoms with van der Waals surface area (Å²) in [6, 6.07) is 9.91. The Morgan fingerprint density at radius 2 is 1.71 bits per heavy atom. The number of hydrogen-bond acceptors (Lipinski definition) is 4. The molecule has 0 aromatic heterocycles. The average molecular weight is 285 g/mol. The van der Waals surface area contributed by atoms with Crippen LogP contribution in [0.15, 0.2) is 36.4 Å². The number of amidine groups is 1. The summed E-state index contributed by atoms with van der Waals surface area (Å²) >= 11 is 0. The Bertz CT molecular complexity index is 665. The third-order valence-corrected chi connectivity index (χ3v) is 3.09. The van der Waals surface area contributed by atoms with Crippen LogP contribution in [0.2, 0.25) is 0 Å². The molecule has 0 atom stereocenters. The van der Waals surface area contributed by atoms with Gasteiger partial charge in [0, 0.05) is 6.07 Å². The van der Waals surface area contributed by atoms with Crippen molar-refractivity contribution < 1.29 is 9.66 Å². The first-order valence-electron chi connectivity index (χ1n) is 6.27. The van der Waals surface area contributed by atoms with Crippen LogP contribution in [0, 0.1) is 29.4 Å². The Hall–Kier alpha value is -2.89. The molecule has 2 aromatic rings. The molecule has 21 heavy (non-hydrogen) atoms. The van der Waals surface area contributed by atoms with Gasteiger partial charge in [-0.1, -0.05) is 24.3 Å². The molecule has 0 amide bonds. The molecule has 3 N–H and O–H groups in total. The van der Waals surface area contributed by atoms with Crippen LogP contribution in [0.25, 0.3) is 0 Å². The van der Waals surface area contributed by atoms with Gasteiger partial charge in [0.2, 0.25) is 5.75 Å². The maximum absolute atomic E-state index is 11.1. The number of benzene rings is 2. The maximum Gasteiger partial charge on any atom is 0.311 e. The van der Waals surface area contributed by atoms with E-state index in [1.165, 1.54) is 6.07 Å². The zero-order valence-corrected chi connectivity index (χ0v) is 11.7. The molecule has 0 aliphatic heterocycles. The first-order valence-corrected chi connectivity index (χ1v) is 6.27. The molecular formula is C15H15N3O3. The summed E-state index contributed by atoms with van der Waals surface area (Å²) in [6.07, 6.45) is 0. The Morgan fingerprint density at radius 3 is 2.29 bits per heavy atom. The Balaban J connectivity index is 2.59. The fraction of sp³-hybridized carbons (Fsp3) is 0.133. The van der Waals surface area contributed by atoms with Crippen LogP contribution < -0.4 is 10.5 Å². The zero-order valence-electron chi connectivity index (χ0n) is 11.7. The summed E-state index contributed by atoms with van der Waals surface area (Å²) in [7, 11) is 0. The van der Waals surface area contributed by atoms with Crippen molar-refractivity contribution in [1.29, 1.82) is 5.41 Å². The van der Waals surface area contributed by atoms with Crippen molar-refractivity contribution in [2.75, 3.05) is 0 Å². The number of nitrogens with zero attached hydrogens (tertiary/aromatic N) is 1. The highest BCUT2D eigenvalue weighted by Gasteiger charge is 2.20. The molecule has 108 valence electrons. The summed E-state index contributed by atoms with van der Waals surface area (Å²) in [5.41, 5.74) is 7.23. The van der Waals surface area contributed by atoms with Crippen molar-refractivity contribution in [3.63, 3.8) is 0 Å². The SMILES string of the molecule is Cc1cccc(C(=N)N)c1Oc1c(C)cccc1[N+](=O)[O-]. The molecule has 0 radical (unpaired) electrons. The van der Waals surface area contributed by atoms with Gasteiger partial charge in [-0.05, 0) is 31.0 Å². The van der Waals surface area contributed by atoms with Crippen LogP contribution >= 0.6 is 0 Å². The first kappa shape index (κ1) is 14.5. The molecule has 2 aromatic carbocycles. The number of nitrogens with one attached hydrogen (secondary N) is 1. The molecule has 0 fully saturated rings. The van der Waals surface area contributed by atoms with Crippen molar-refractivity contribution in [3.8, 4) is 11.5 Å². The van der Waals surface area contributed by atoms with Crippen molar-refractivity contribution in [2.45, 2.75) is 13.8 Å². The largest absolute Gasteiger partial charge is 0.449 e. The number of nitrogens with two attached hydrogens (primary N) is 1. The molecule has 0 saturated heterocycles. The fourth-order valence-corrected chi connectivity index (χ4v) is 2.02. The van der Waals surface area contributed by atoms with E-state index < -0.39 is 4.92 Å². The van der Waals surface area contributed by atoms with Gasteiger partial charge >= 0.3 is 5.69 Å². The third-order valence-electron chi connectivity index (χ3n) is 3.09. The highest BCUT2D eigenvalue weighted by molar-refractivity contribution is 5.98. The molecule has 0 aliphatic carbocycles. The molecule has 0 aliphatic rings. The highest BCUT2D eigenvalue weighted by Crippen LogP contribution is 2.37. The normalized spacial score (nSPS) is 10.2. The lowest BCUT2D eigenvalue weighted by Gasteiger charge is -2.14. The third kappa shape index (κ3) is 2.84. The molecule has 0 saturated carbocycles. The maximum atomic E-state index is 11.1. The highest BCUT2D eigenvalue weighted by atomic mass is 16.6. The van der Waals surface area contributed by atoms with Crippen molar-refractivity contribution >= 4 is 11.5 Å². The van der Waals surface area contributed by atoms with Crippen LogP contribution in [-0.2, 0) is 0 Å². The number of para-hydroxylation sites is 2. The lowest BCUT2D eigenvalue weighted by molar-refractivity contribution is -0.385. The summed E-state index contributed by atoms with van der Waals surface area (Å²) in [6.45, 7) is 3.53. The Labute approximate surface area is 121 Å². The van der Waals surface area contributed by atoms with E-state index in [4.69, 9.17) is 15.9 Å². The van der Waals surface area contributed by atoms with Crippen LogP contribution in [0.1, 0.15) is 16.7 Å². The molecule has 6 heteroatoms. The second kappa shape index (κ2) is 5.62. The minimum absolute atomic E-state index is 0.118. The van der Waals surface area contributed by atoms with E-state index in [0.717, 1.165) is 5.56 Å². The summed E-state index contributed by atoms with van der Waals surface area (Å²) < 4.78 is 5.76. The van der Waals surface area contributed by atoms with Crippen molar-refractivity contribution in [2.24, 2.45) is 5.73 Å². The van der Waals surface area contributed by atoms with E-state index in [0.29, 0.717) is 16.9 Å². The van der Waals surface area contributed by atoms with Gasteiger partial charge in [-0.3, -0.25) is 15.5 Å². The number of nitro benzene ring substituents is 1. The predicted octanol–water partition coefficient (Wildman–Crippen LogP) is 3.29. The van der Waals surface area contributed by atoms with E-state index in [9.17, 15) is 10.1 Å². The fourth-order valence-electron chi connectivity index (χ4n) is 2.02. The standard InChI is InChI=1S/C15H15N3O3/c1-9-5-3-7-11(15(16)17)13(9)21-14-10(2)6-4-8-12(14)18(19)20/h3-8H,1-2H3,(H3,16,17). The molecule has 0 unspecified atom stereocenters. The van der Waals surface area contributed by atoms with Crippen LogP contribution in [0.5, 0.6) is 11.5 Å². The second-order valence-electron chi connectivity index (χ2n) is 4.65. The monoisotopic (exact) mass is 285 g/mol. The van der Waals surface area contributed by atoms with E-state index in [1.54, 1.807) is 44.2 Å². The lowest BCUT2D eigenvalue weighted by atomic mass is 10.1. The number of ether oxygens (including phenoxy) is 1. The Kier molecular flexibility index (Phi) is 3.89. The molecule has 6 nitrogen and oxygen atoms in total. The van der Waals surface area contributed by atoms with Gasteiger partial charge in [0.15, 0.2) is 0 Å². The van der Waals surface area contributed by atoms with E-state index in [2.05, 4.69) is 0 Å². The Morgan fingerprint density at radius 1 is 1.14 bits per heavy atom. The smallest absolute Gasteiger partial charge is 0.311 e. The van der Waals surface area contributed by atoms with Crippen LogP contribution in [0.4, 0.5) is 5.69 Å². The van der Waals surface area contributed by atoms with Gasteiger partial charge in [-0.25, -0.2) is 0 Å². The minimum Gasteiger partial charge on any atom is -0.449 e. The number of nitro groups is 1. The molecule has 0 heterocycles. The molecular weight excluding hydrogens is 270 g/mol. The number of nitrogen functional groups attached to an aromatic ring is 1. The van der Waals surface area contributed by atoms with Crippen molar-refractivity contribution in [3.05, 3.63) is 63.2 Å². The van der Waals surface area contributed by atoms with Gasteiger partial charge in [-0.15, -0.1) is 0 Å². The first-order chi connectivity index (χ1) is 9.91. The minimum atomic E-state index is -0.492. The van der Waals surface area contributed by atoms with E-state index in [-0.39, 0.29) is 17.3 Å². The number of aryl methyl sites for hydroxylation is 2. The second-order valence-corrected chi connectivity index (χ2v) is 4.65.